The molecule has 4 aliphatic carbocycles. The minimum atomic E-state index is -0.160. The second kappa shape index (κ2) is 8.57. The smallest absolute Gasteiger partial charge is 0.338 e. The van der Waals surface area contributed by atoms with Crippen molar-refractivity contribution in [2.75, 3.05) is 0 Å². The topological polar surface area (TPSA) is 39.2 Å². The van der Waals surface area contributed by atoms with Crippen LogP contribution in [0.25, 0.3) is 5.57 Å². The molecule has 1 heterocycles. The summed E-state index contributed by atoms with van der Waals surface area (Å²) in [6.45, 7) is 8.93. The molecule has 1 aromatic heterocycles. The number of pyridine rings is 1. The zero-order chi connectivity index (χ0) is 25.1. The number of aryl methyl sites for hydroxylation is 2. The number of ether oxygens (including phenoxy) is 1. The average molecular weight is 480 g/mol. The molecule has 2 saturated carbocycles. The molecular formula is C33H37NO2. The maximum absolute atomic E-state index is 13.1. The fraction of sp³-hybridized carbons (Fsp3) is 0.455. The van der Waals surface area contributed by atoms with Crippen molar-refractivity contribution in [1.29, 1.82) is 0 Å². The SMILES string of the molecule is Cc1cccc(C)c1C(=O)OC1CC[C@@]2(C)C(=CCC3C4=CC=C(c5cccnc5)[C@@]4(C)CCC32)C1. The molecule has 0 saturated heterocycles. The number of hydrogen-bond acceptors (Lipinski definition) is 3. The van der Waals surface area contributed by atoms with Gasteiger partial charge in [0.1, 0.15) is 6.10 Å². The molecule has 36 heavy (non-hydrogen) atoms. The van der Waals surface area contributed by atoms with Crippen LogP contribution in [0.2, 0.25) is 0 Å². The molecule has 5 atom stereocenters. The summed E-state index contributed by atoms with van der Waals surface area (Å²) in [5.74, 6) is 1.09. The molecule has 1 aromatic carbocycles. The highest BCUT2D eigenvalue weighted by Crippen LogP contribution is 2.64. The van der Waals surface area contributed by atoms with Crippen molar-refractivity contribution in [3.8, 4) is 0 Å². The van der Waals surface area contributed by atoms with Gasteiger partial charge in [0.2, 0.25) is 0 Å². The van der Waals surface area contributed by atoms with E-state index in [1.165, 1.54) is 29.6 Å². The van der Waals surface area contributed by atoms with Crippen LogP contribution >= 0.6 is 0 Å². The summed E-state index contributed by atoms with van der Waals surface area (Å²) in [6, 6.07) is 10.2. The largest absolute Gasteiger partial charge is 0.458 e. The lowest BCUT2D eigenvalue weighted by Gasteiger charge is -2.56. The molecule has 2 fully saturated rings. The van der Waals surface area contributed by atoms with E-state index in [9.17, 15) is 4.79 Å². The summed E-state index contributed by atoms with van der Waals surface area (Å²) >= 11 is 0. The molecule has 0 bridgehead atoms. The van der Waals surface area contributed by atoms with E-state index in [1.54, 1.807) is 5.57 Å². The first-order valence-corrected chi connectivity index (χ1v) is 13.6. The van der Waals surface area contributed by atoms with E-state index in [4.69, 9.17) is 4.74 Å². The van der Waals surface area contributed by atoms with Crippen molar-refractivity contribution in [2.24, 2.45) is 22.7 Å². The third kappa shape index (κ3) is 3.54. The van der Waals surface area contributed by atoms with Gasteiger partial charge in [0.15, 0.2) is 0 Å². The quantitative estimate of drug-likeness (QED) is 0.333. The first kappa shape index (κ1) is 23.5. The number of esters is 1. The summed E-state index contributed by atoms with van der Waals surface area (Å²) in [7, 11) is 0. The molecule has 2 aromatic rings. The lowest BCUT2D eigenvalue weighted by molar-refractivity contribution is 0.00235. The Kier molecular flexibility index (Phi) is 5.59. The van der Waals surface area contributed by atoms with Gasteiger partial charge in [0.05, 0.1) is 5.56 Å². The van der Waals surface area contributed by atoms with Crippen LogP contribution in [0.15, 0.2) is 72.1 Å². The first-order valence-electron chi connectivity index (χ1n) is 13.6. The Bertz CT molecular complexity index is 1280. The van der Waals surface area contributed by atoms with Gasteiger partial charge in [-0.25, -0.2) is 4.79 Å². The van der Waals surface area contributed by atoms with Crippen LogP contribution in [0.3, 0.4) is 0 Å². The van der Waals surface area contributed by atoms with Crippen molar-refractivity contribution < 1.29 is 9.53 Å². The van der Waals surface area contributed by atoms with Gasteiger partial charge in [-0.1, -0.05) is 67.5 Å². The Morgan fingerprint density at radius 1 is 1.03 bits per heavy atom. The maximum atomic E-state index is 13.1. The van der Waals surface area contributed by atoms with Crippen molar-refractivity contribution in [1.82, 2.24) is 4.98 Å². The Morgan fingerprint density at radius 2 is 1.83 bits per heavy atom. The number of hydrogen-bond donors (Lipinski definition) is 0. The number of benzene rings is 1. The van der Waals surface area contributed by atoms with E-state index in [1.807, 2.05) is 50.5 Å². The Hall–Kier alpha value is -2.94. The molecule has 4 aliphatic rings. The van der Waals surface area contributed by atoms with Gasteiger partial charge in [0, 0.05) is 24.2 Å². The number of aromatic nitrogens is 1. The summed E-state index contributed by atoms with van der Waals surface area (Å²) in [4.78, 5) is 17.5. The molecule has 0 amide bonds. The van der Waals surface area contributed by atoms with Crippen LogP contribution in [-0.2, 0) is 4.74 Å². The van der Waals surface area contributed by atoms with Crippen LogP contribution in [0.5, 0.6) is 0 Å². The molecule has 6 rings (SSSR count). The van der Waals surface area contributed by atoms with Crippen LogP contribution in [0.4, 0.5) is 0 Å². The average Bonchev–Trinajstić information content (AvgIpc) is 3.22. The van der Waals surface area contributed by atoms with E-state index in [-0.39, 0.29) is 22.9 Å². The second-order valence-electron chi connectivity index (χ2n) is 11.9. The highest BCUT2D eigenvalue weighted by atomic mass is 16.5. The number of carbonyl (C=O) groups is 1. The lowest BCUT2D eigenvalue weighted by atomic mass is 9.49. The molecule has 3 heteroatoms. The predicted molar refractivity (Wildman–Crippen MR) is 144 cm³/mol. The third-order valence-corrected chi connectivity index (χ3v) is 10.0. The van der Waals surface area contributed by atoms with Crippen LogP contribution in [0.1, 0.15) is 79.4 Å². The van der Waals surface area contributed by atoms with E-state index in [0.29, 0.717) is 11.8 Å². The molecule has 3 unspecified atom stereocenters. The fourth-order valence-corrected chi connectivity index (χ4v) is 8.02. The Balaban J connectivity index is 1.21. The Labute approximate surface area is 215 Å². The van der Waals surface area contributed by atoms with E-state index in [2.05, 4.69) is 43.1 Å². The lowest BCUT2D eigenvalue weighted by Crippen LogP contribution is -2.47. The molecule has 3 nitrogen and oxygen atoms in total. The van der Waals surface area contributed by atoms with Gasteiger partial charge in [-0.2, -0.15) is 0 Å². The number of fused-ring (bicyclic) bond motifs is 5. The second-order valence-corrected chi connectivity index (χ2v) is 11.9. The van der Waals surface area contributed by atoms with E-state index >= 15 is 0 Å². The third-order valence-electron chi connectivity index (χ3n) is 10.0. The zero-order valence-corrected chi connectivity index (χ0v) is 22.0. The molecular weight excluding hydrogens is 442 g/mol. The van der Waals surface area contributed by atoms with Crippen LogP contribution < -0.4 is 0 Å². The minimum absolute atomic E-state index is 0.0224. The normalized spacial score (nSPS) is 32.9. The molecule has 0 spiro atoms. The number of carbonyl (C=O) groups excluding carboxylic acids is 1. The number of allylic oxidation sites excluding steroid dienone is 5. The van der Waals surface area contributed by atoms with E-state index < -0.39 is 0 Å². The van der Waals surface area contributed by atoms with Crippen molar-refractivity contribution in [2.45, 2.75) is 72.3 Å². The van der Waals surface area contributed by atoms with Crippen molar-refractivity contribution in [3.05, 3.63) is 94.4 Å². The highest BCUT2D eigenvalue weighted by molar-refractivity contribution is 5.92. The van der Waals surface area contributed by atoms with Crippen molar-refractivity contribution >= 4 is 11.5 Å². The zero-order valence-electron chi connectivity index (χ0n) is 22.0. The maximum Gasteiger partial charge on any atom is 0.338 e. The van der Waals surface area contributed by atoms with Crippen molar-refractivity contribution in [3.63, 3.8) is 0 Å². The molecule has 0 radical (unpaired) electrons. The summed E-state index contributed by atoms with van der Waals surface area (Å²) in [6.07, 6.45) is 17.6. The predicted octanol–water partition coefficient (Wildman–Crippen LogP) is 7.80. The van der Waals surface area contributed by atoms with Gasteiger partial charge in [0.25, 0.3) is 0 Å². The molecule has 186 valence electrons. The minimum Gasteiger partial charge on any atom is -0.458 e. The summed E-state index contributed by atoms with van der Waals surface area (Å²) < 4.78 is 6.11. The summed E-state index contributed by atoms with van der Waals surface area (Å²) in [5.41, 5.74) is 8.88. The highest BCUT2D eigenvalue weighted by Gasteiger charge is 2.54. The fourth-order valence-electron chi connectivity index (χ4n) is 8.02. The van der Waals surface area contributed by atoms with Gasteiger partial charge >= 0.3 is 5.97 Å². The monoisotopic (exact) mass is 479 g/mol. The van der Waals surface area contributed by atoms with E-state index in [0.717, 1.165) is 42.4 Å². The summed E-state index contributed by atoms with van der Waals surface area (Å²) in [5, 5.41) is 0. The number of rotatable bonds is 3. The standard InChI is InChI=1S/C33H37NO2/c1-21-7-5-8-22(2)30(21)31(35)36-25-14-16-32(3)24(19-25)10-11-26-28-13-12-27(23-9-6-18-34-20-23)33(28,4)17-15-29(26)32/h5-10,12-13,18,20,25-26,29H,11,14-17,19H2,1-4H3/t25?,26?,29?,32-,33+/m0/s1. The van der Waals surface area contributed by atoms with Crippen LogP contribution in [0, 0.1) is 36.5 Å². The van der Waals surface area contributed by atoms with Gasteiger partial charge < -0.3 is 4.74 Å². The molecule has 0 aliphatic heterocycles. The van der Waals surface area contributed by atoms with Crippen LogP contribution in [-0.4, -0.2) is 17.1 Å². The number of nitrogens with zero attached hydrogens (tertiary/aromatic N) is 1. The first-order chi connectivity index (χ1) is 17.3. The van der Waals surface area contributed by atoms with Gasteiger partial charge in [-0.15, -0.1) is 0 Å². The Morgan fingerprint density at radius 3 is 2.58 bits per heavy atom. The van der Waals surface area contributed by atoms with Gasteiger partial charge in [-0.05, 0) is 91.5 Å². The van der Waals surface area contributed by atoms with Gasteiger partial charge in [-0.3, -0.25) is 4.98 Å². The molecule has 0 N–H and O–H groups in total.